The molecule has 3 amide bonds. The Kier molecular flexibility index (Phi) is 7.38. The number of carbonyl (C=O) groups is 3. The van der Waals surface area contributed by atoms with E-state index in [4.69, 9.17) is 10.5 Å². The van der Waals surface area contributed by atoms with Gasteiger partial charge < -0.3 is 20.7 Å². The third-order valence-electron chi connectivity index (χ3n) is 4.76. The number of nitrogens with two attached hydrogens (primary N) is 1. The van der Waals surface area contributed by atoms with E-state index in [1.807, 2.05) is 0 Å². The highest BCUT2D eigenvalue weighted by Crippen LogP contribution is 2.17. The van der Waals surface area contributed by atoms with Crippen LogP contribution in [0.2, 0.25) is 0 Å². The Labute approximate surface area is 186 Å². The molecular weight excluding hydrogens is 443 g/mol. The van der Waals surface area contributed by atoms with Crippen molar-refractivity contribution < 1.29 is 32.3 Å². The lowest BCUT2D eigenvalue weighted by atomic mass is 10.1. The summed E-state index contributed by atoms with van der Waals surface area (Å²) in [4.78, 5) is 44.4. The lowest BCUT2D eigenvalue weighted by Crippen LogP contribution is -2.53. The lowest BCUT2D eigenvalue weighted by molar-refractivity contribution is -0.169. The van der Waals surface area contributed by atoms with Crippen LogP contribution in [0.4, 0.5) is 13.2 Å². The molecule has 0 bridgehead atoms. The van der Waals surface area contributed by atoms with Gasteiger partial charge in [-0.15, -0.1) is 0 Å². The average molecular weight is 463 g/mol. The van der Waals surface area contributed by atoms with Crippen molar-refractivity contribution >= 4 is 23.6 Å². The van der Waals surface area contributed by atoms with Crippen molar-refractivity contribution in [1.29, 1.82) is 0 Å². The van der Waals surface area contributed by atoms with Crippen molar-refractivity contribution in [1.82, 2.24) is 15.2 Å². The molecule has 3 rings (SSSR count). The maximum absolute atomic E-state index is 12.8. The van der Waals surface area contributed by atoms with Crippen molar-refractivity contribution in [3.05, 3.63) is 65.5 Å². The fraction of sp³-hybridized carbons (Fsp3) is 0.286. The van der Waals surface area contributed by atoms with E-state index in [0.717, 1.165) is 6.20 Å². The highest BCUT2D eigenvalue weighted by Gasteiger charge is 2.38. The topological polar surface area (TPSA) is 127 Å². The average Bonchev–Trinajstić information content (AvgIpc) is 2.82. The number of aromatic nitrogens is 1. The van der Waals surface area contributed by atoms with E-state index in [1.165, 1.54) is 12.1 Å². The summed E-state index contributed by atoms with van der Waals surface area (Å²) < 4.78 is 42.3. The molecule has 33 heavy (non-hydrogen) atoms. The van der Waals surface area contributed by atoms with Crippen LogP contribution >= 0.6 is 0 Å². The summed E-state index contributed by atoms with van der Waals surface area (Å²) in [6.45, 7) is 1.10. The summed E-state index contributed by atoms with van der Waals surface area (Å²) in [5, 5.41) is 2.67. The van der Waals surface area contributed by atoms with Crippen LogP contribution in [0.3, 0.4) is 0 Å². The van der Waals surface area contributed by atoms with E-state index < -0.39 is 29.9 Å². The monoisotopic (exact) mass is 463 g/mol. The van der Waals surface area contributed by atoms with Crippen molar-refractivity contribution in [3.63, 3.8) is 0 Å². The third kappa shape index (κ3) is 6.13. The predicted octanol–water partition coefficient (Wildman–Crippen LogP) is 1.15. The largest absolute Gasteiger partial charge is 0.473 e. The smallest absolute Gasteiger partial charge is 0.383 e. The maximum atomic E-state index is 12.8. The molecule has 1 saturated heterocycles. The number of carbonyl (C=O) groups excluding carboxylic acids is 3. The van der Waals surface area contributed by atoms with E-state index >= 15 is 0 Å². The summed E-state index contributed by atoms with van der Waals surface area (Å²) in [7, 11) is 0. The first-order valence-electron chi connectivity index (χ1n) is 9.80. The first-order valence-corrected chi connectivity index (χ1v) is 9.80. The number of hydrogen-bond acceptors (Lipinski definition) is 5. The van der Waals surface area contributed by atoms with Gasteiger partial charge in [0.25, 0.3) is 11.8 Å². The van der Waals surface area contributed by atoms with Gasteiger partial charge in [-0.25, -0.2) is 0 Å². The van der Waals surface area contributed by atoms with Crippen LogP contribution in [-0.2, 0) is 9.53 Å². The fourth-order valence-electron chi connectivity index (χ4n) is 3.06. The van der Waals surface area contributed by atoms with Crippen LogP contribution in [0.15, 0.2) is 53.7 Å². The summed E-state index contributed by atoms with van der Waals surface area (Å²) in [6, 6.07) is 10.8. The second-order valence-corrected chi connectivity index (χ2v) is 7.04. The molecule has 1 aliphatic heterocycles. The number of alkyl halides is 3. The molecule has 0 saturated carbocycles. The van der Waals surface area contributed by atoms with E-state index in [2.05, 4.69) is 15.3 Å². The zero-order valence-corrected chi connectivity index (χ0v) is 17.2. The number of morpholine rings is 1. The highest BCUT2D eigenvalue weighted by atomic mass is 19.4. The van der Waals surface area contributed by atoms with Crippen LogP contribution in [0.1, 0.15) is 26.4 Å². The molecule has 1 aromatic carbocycles. The van der Waals surface area contributed by atoms with E-state index in [0.29, 0.717) is 18.7 Å². The molecule has 1 fully saturated rings. The number of amidine groups is 1. The number of nitrogens with one attached hydrogen (secondary N) is 1. The second kappa shape index (κ2) is 10.2. The van der Waals surface area contributed by atoms with Gasteiger partial charge in [-0.2, -0.15) is 18.2 Å². The Morgan fingerprint density at radius 2 is 1.88 bits per heavy atom. The van der Waals surface area contributed by atoms with Gasteiger partial charge in [0.1, 0.15) is 11.5 Å². The van der Waals surface area contributed by atoms with Gasteiger partial charge in [-0.1, -0.05) is 18.2 Å². The number of hydrogen-bond donors (Lipinski definition) is 2. The summed E-state index contributed by atoms with van der Waals surface area (Å²) in [5.74, 6) is -3.76. The quantitative estimate of drug-likeness (QED) is 0.506. The Balaban J connectivity index is 1.62. The molecule has 2 heterocycles. The van der Waals surface area contributed by atoms with Crippen LogP contribution in [-0.4, -0.2) is 72.0 Å². The van der Waals surface area contributed by atoms with Crippen molar-refractivity contribution in [2.45, 2.75) is 12.2 Å². The molecule has 1 aromatic heterocycles. The van der Waals surface area contributed by atoms with Crippen molar-refractivity contribution in [3.8, 4) is 0 Å². The minimum atomic E-state index is -5.14. The number of ether oxygens (including phenoxy) is 1. The van der Waals surface area contributed by atoms with Crippen molar-refractivity contribution in [2.24, 2.45) is 10.7 Å². The van der Waals surface area contributed by atoms with Gasteiger partial charge in [0, 0.05) is 30.4 Å². The first kappa shape index (κ1) is 23.9. The summed E-state index contributed by atoms with van der Waals surface area (Å²) in [5.41, 5.74) is 5.84. The van der Waals surface area contributed by atoms with Gasteiger partial charge in [-0.05, 0) is 24.3 Å². The number of amides is 3. The fourth-order valence-corrected chi connectivity index (χ4v) is 3.06. The number of pyridine rings is 1. The molecule has 174 valence electrons. The van der Waals surface area contributed by atoms with Crippen LogP contribution < -0.4 is 11.1 Å². The van der Waals surface area contributed by atoms with Crippen LogP contribution in [0.5, 0.6) is 0 Å². The Morgan fingerprint density at radius 1 is 1.15 bits per heavy atom. The number of benzene rings is 1. The number of halogens is 3. The third-order valence-corrected chi connectivity index (χ3v) is 4.76. The molecule has 2 aromatic rings. The maximum Gasteiger partial charge on any atom is 0.473 e. The van der Waals surface area contributed by atoms with E-state index in [-0.39, 0.29) is 30.3 Å². The second-order valence-electron chi connectivity index (χ2n) is 7.04. The number of aliphatic imine (C=N–C) groups is 1. The molecule has 1 atom stereocenters. The molecule has 3 N–H and O–H groups in total. The highest BCUT2D eigenvalue weighted by molar-refractivity contribution is 6.05. The first-order chi connectivity index (χ1) is 15.7. The Bertz CT molecular complexity index is 1040. The minimum Gasteiger partial charge on any atom is -0.383 e. The molecule has 1 aliphatic rings. The molecule has 1 unspecified atom stereocenters. The SMILES string of the molecule is NC(=NC(=O)C(F)(F)F)c1ccc(C(=O)NCC2COCCN2C(=O)c2ccccc2)nc1. The predicted molar refractivity (Wildman–Crippen MR) is 110 cm³/mol. The Morgan fingerprint density at radius 3 is 2.52 bits per heavy atom. The lowest BCUT2D eigenvalue weighted by Gasteiger charge is -2.35. The molecule has 0 spiro atoms. The minimum absolute atomic E-state index is 0.0358. The zero-order valence-electron chi connectivity index (χ0n) is 17.2. The van der Waals surface area contributed by atoms with Gasteiger partial charge in [0.15, 0.2) is 0 Å². The van der Waals surface area contributed by atoms with Crippen molar-refractivity contribution in [2.75, 3.05) is 26.3 Å². The summed E-state index contributed by atoms with van der Waals surface area (Å²) in [6.07, 6.45) is -4.11. The van der Waals surface area contributed by atoms with E-state index in [1.54, 1.807) is 35.2 Å². The molecule has 12 heteroatoms. The zero-order chi connectivity index (χ0) is 24.0. The van der Waals surface area contributed by atoms with Gasteiger partial charge in [-0.3, -0.25) is 19.4 Å². The Hall–Kier alpha value is -3.80. The number of rotatable bonds is 5. The number of nitrogens with zero attached hydrogens (tertiary/aromatic N) is 3. The molecule has 0 aliphatic carbocycles. The van der Waals surface area contributed by atoms with Gasteiger partial charge in [0.2, 0.25) is 0 Å². The molecule has 0 radical (unpaired) electrons. The van der Waals surface area contributed by atoms with Gasteiger partial charge >= 0.3 is 12.1 Å². The summed E-state index contributed by atoms with van der Waals surface area (Å²) >= 11 is 0. The van der Waals surface area contributed by atoms with Gasteiger partial charge in [0.05, 0.1) is 19.3 Å². The van der Waals surface area contributed by atoms with Crippen LogP contribution in [0, 0.1) is 0 Å². The van der Waals surface area contributed by atoms with Crippen LogP contribution in [0.25, 0.3) is 0 Å². The normalized spacial score (nSPS) is 16.9. The van der Waals surface area contributed by atoms with E-state index in [9.17, 15) is 27.6 Å². The molecule has 9 nitrogen and oxygen atoms in total. The standard InChI is InChI=1S/C21H20F3N5O4/c22-21(23,24)20(32)28-17(25)14-6-7-16(26-10-14)18(30)27-11-15-12-33-9-8-29(15)19(31)13-4-2-1-3-5-13/h1-7,10,15H,8-9,11-12H2,(H,27,30)(H2,25,28,32). The molecular formula is C21H20F3N5O4.